The maximum Gasteiger partial charge on any atom is 0.177 e. The first-order valence-electron chi connectivity index (χ1n) is 4.93. The molecule has 0 saturated carbocycles. The molecule has 4 heteroatoms. The molecule has 1 saturated heterocycles. The Kier molecular flexibility index (Phi) is 2.43. The van der Waals surface area contributed by atoms with Crippen LogP contribution in [0, 0.1) is 0 Å². The average Bonchev–Trinajstić information content (AvgIpc) is 2.48. The van der Waals surface area contributed by atoms with Gasteiger partial charge < -0.3 is 4.90 Å². The van der Waals surface area contributed by atoms with Gasteiger partial charge in [0, 0.05) is 5.41 Å². The maximum absolute atomic E-state index is 11.2. The van der Waals surface area contributed by atoms with E-state index >= 15 is 0 Å². The number of hydrogen-bond acceptors (Lipinski definition) is 2. The quantitative estimate of drug-likeness (QED) is 0.614. The highest BCUT2D eigenvalue weighted by Crippen LogP contribution is 2.07. The van der Waals surface area contributed by atoms with Crippen LogP contribution in [0.1, 0.15) is 19.3 Å². The minimum atomic E-state index is -2.85. The van der Waals surface area contributed by atoms with Gasteiger partial charge in [0.1, 0.15) is 11.8 Å². The lowest BCUT2D eigenvalue weighted by Crippen LogP contribution is -3.16. The highest BCUT2D eigenvalue weighted by atomic mass is 32.2. The molecule has 74 valence electrons. The monoisotopic (exact) mass is 202 g/mol. The topological polar surface area (TPSA) is 38.6 Å². The van der Waals surface area contributed by atoms with Gasteiger partial charge in [0.15, 0.2) is 9.84 Å². The zero-order valence-corrected chi connectivity index (χ0v) is 8.52. The predicted octanol–water partition coefficient (Wildman–Crippen LogP) is -0.634. The fourth-order valence-corrected chi connectivity index (χ4v) is 3.59. The van der Waals surface area contributed by atoms with Gasteiger partial charge in [-0.1, -0.05) is 0 Å². The molecule has 0 aliphatic carbocycles. The van der Waals surface area contributed by atoms with E-state index in [1.807, 2.05) is 6.08 Å². The molecule has 0 aromatic heterocycles. The first-order valence-corrected chi connectivity index (χ1v) is 6.64. The van der Waals surface area contributed by atoms with Crippen molar-refractivity contribution in [2.75, 3.05) is 18.8 Å². The summed E-state index contributed by atoms with van der Waals surface area (Å²) in [4.78, 5) is 1.46. The van der Waals surface area contributed by atoms with E-state index in [2.05, 4.69) is 0 Å². The summed E-state index contributed by atoms with van der Waals surface area (Å²) in [7, 11) is -2.85. The summed E-state index contributed by atoms with van der Waals surface area (Å²) < 4.78 is 22.4. The van der Waals surface area contributed by atoms with Crippen LogP contribution in [0.3, 0.4) is 0 Å². The van der Waals surface area contributed by atoms with Crippen molar-refractivity contribution in [2.45, 2.75) is 25.3 Å². The number of likely N-dealkylation sites (tertiary alicyclic amines) is 1. The van der Waals surface area contributed by atoms with Crippen molar-refractivity contribution in [1.82, 2.24) is 0 Å². The number of quaternary nitrogens is 1. The fourth-order valence-electron chi connectivity index (χ4n) is 2.21. The zero-order valence-electron chi connectivity index (χ0n) is 7.70. The van der Waals surface area contributed by atoms with Gasteiger partial charge in [0.25, 0.3) is 0 Å². The highest BCUT2D eigenvalue weighted by Gasteiger charge is 2.30. The largest absolute Gasteiger partial charge is 0.328 e. The van der Waals surface area contributed by atoms with Gasteiger partial charge in [0.05, 0.1) is 13.1 Å². The van der Waals surface area contributed by atoms with Crippen molar-refractivity contribution < 1.29 is 13.3 Å². The Morgan fingerprint density at radius 2 is 1.85 bits per heavy atom. The van der Waals surface area contributed by atoms with Gasteiger partial charge in [-0.15, -0.1) is 0 Å². The van der Waals surface area contributed by atoms with Crippen molar-refractivity contribution in [3.8, 4) is 0 Å². The molecule has 1 fully saturated rings. The minimum Gasteiger partial charge on any atom is -0.328 e. The Bertz CT molecular complexity index is 302. The second-order valence-corrected chi connectivity index (χ2v) is 5.91. The van der Waals surface area contributed by atoms with Crippen LogP contribution in [-0.4, -0.2) is 33.3 Å². The second-order valence-electron chi connectivity index (χ2n) is 3.98. The van der Waals surface area contributed by atoms with Gasteiger partial charge in [-0.2, -0.15) is 0 Å². The van der Waals surface area contributed by atoms with E-state index in [9.17, 15) is 8.42 Å². The van der Waals surface area contributed by atoms with Crippen LogP contribution in [0.5, 0.6) is 0 Å². The lowest BCUT2D eigenvalue weighted by atomic mass is 10.1. The van der Waals surface area contributed by atoms with E-state index in [1.165, 1.54) is 29.6 Å². The molecule has 2 heterocycles. The minimum absolute atomic E-state index is 0.241. The maximum atomic E-state index is 11.2. The molecule has 13 heavy (non-hydrogen) atoms. The van der Waals surface area contributed by atoms with Crippen LogP contribution in [-0.2, 0) is 9.84 Å². The van der Waals surface area contributed by atoms with Crippen LogP contribution in [0.4, 0.5) is 0 Å². The standard InChI is InChI=1S/C9H15NO2S/c11-13(12)7-4-9(8-13)10-5-2-1-3-6-10/h4,7,9H,1-3,5-6,8H2/p+1/t9-/m0/s1. The molecular weight excluding hydrogens is 186 g/mol. The molecule has 2 aliphatic heterocycles. The zero-order chi connectivity index (χ0) is 9.31. The Morgan fingerprint density at radius 1 is 1.15 bits per heavy atom. The van der Waals surface area contributed by atoms with Crippen LogP contribution in [0.2, 0.25) is 0 Å². The molecular formula is C9H16NO2S+. The summed E-state index contributed by atoms with van der Waals surface area (Å²) in [6, 6.07) is 0.241. The van der Waals surface area contributed by atoms with Crippen molar-refractivity contribution in [1.29, 1.82) is 0 Å². The fraction of sp³-hybridized carbons (Fsp3) is 0.778. The molecule has 1 N–H and O–H groups in total. The summed E-state index contributed by atoms with van der Waals surface area (Å²) in [6.07, 6.45) is 5.68. The molecule has 0 radical (unpaired) electrons. The van der Waals surface area contributed by atoms with Gasteiger partial charge in [0.2, 0.25) is 0 Å². The van der Waals surface area contributed by atoms with Crippen LogP contribution >= 0.6 is 0 Å². The first kappa shape index (κ1) is 9.21. The van der Waals surface area contributed by atoms with E-state index in [1.54, 1.807) is 0 Å². The highest BCUT2D eigenvalue weighted by molar-refractivity contribution is 7.94. The Labute approximate surface area is 79.3 Å². The molecule has 0 unspecified atom stereocenters. The number of rotatable bonds is 1. The van der Waals surface area contributed by atoms with Crippen molar-refractivity contribution in [3.63, 3.8) is 0 Å². The normalized spacial score (nSPS) is 33.7. The Hall–Kier alpha value is -0.350. The lowest BCUT2D eigenvalue weighted by Gasteiger charge is -2.27. The summed E-state index contributed by atoms with van der Waals surface area (Å²) in [6.45, 7) is 2.29. The third kappa shape index (κ3) is 2.11. The second kappa shape index (κ2) is 3.42. The van der Waals surface area contributed by atoms with Crippen LogP contribution < -0.4 is 4.90 Å². The molecule has 3 nitrogen and oxygen atoms in total. The third-order valence-electron chi connectivity index (χ3n) is 2.95. The molecule has 2 aliphatic rings. The van der Waals surface area contributed by atoms with Gasteiger partial charge in [-0.25, -0.2) is 8.42 Å². The number of nitrogens with one attached hydrogen (secondary N) is 1. The smallest absolute Gasteiger partial charge is 0.177 e. The Morgan fingerprint density at radius 3 is 2.38 bits per heavy atom. The van der Waals surface area contributed by atoms with Gasteiger partial charge >= 0.3 is 0 Å². The van der Waals surface area contributed by atoms with Crippen LogP contribution in [0.15, 0.2) is 11.5 Å². The molecule has 0 aromatic carbocycles. The van der Waals surface area contributed by atoms with Crippen LogP contribution in [0.25, 0.3) is 0 Å². The predicted molar refractivity (Wildman–Crippen MR) is 51.3 cm³/mol. The van der Waals surface area contributed by atoms with Crippen molar-refractivity contribution in [2.24, 2.45) is 0 Å². The molecule has 0 spiro atoms. The SMILES string of the molecule is O=S1(=O)C=C[C@H]([NH+]2CCCCC2)C1. The van der Waals surface area contributed by atoms with E-state index in [-0.39, 0.29) is 6.04 Å². The van der Waals surface area contributed by atoms with Gasteiger partial charge in [-0.3, -0.25) is 0 Å². The molecule has 0 aromatic rings. The molecule has 0 bridgehead atoms. The Balaban J connectivity index is 1.99. The van der Waals surface area contributed by atoms with Gasteiger partial charge in [-0.05, 0) is 25.3 Å². The van der Waals surface area contributed by atoms with E-state index < -0.39 is 9.84 Å². The molecule has 2 rings (SSSR count). The first-order chi connectivity index (χ1) is 6.17. The van der Waals surface area contributed by atoms with E-state index in [0.29, 0.717) is 5.75 Å². The number of piperidine rings is 1. The number of sulfone groups is 1. The summed E-state index contributed by atoms with van der Waals surface area (Å²) >= 11 is 0. The summed E-state index contributed by atoms with van der Waals surface area (Å²) in [5, 5.41) is 1.39. The molecule has 1 atom stereocenters. The average molecular weight is 202 g/mol. The van der Waals surface area contributed by atoms with Crippen molar-refractivity contribution >= 4 is 9.84 Å². The number of hydrogen-bond donors (Lipinski definition) is 1. The lowest BCUT2D eigenvalue weighted by molar-refractivity contribution is -0.920. The third-order valence-corrected chi connectivity index (χ3v) is 4.35. The van der Waals surface area contributed by atoms with E-state index in [0.717, 1.165) is 13.1 Å². The summed E-state index contributed by atoms with van der Waals surface area (Å²) in [5.41, 5.74) is 0. The van der Waals surface area contributed by atoms with Crippen molar-refractivity contribution in [3.05, 3.63) is 11.5 Å². The van der Waals surface area contributed by atoms with E-state index in [4.69, 9.17) is 0 Å². The summed E-state index contributed by atoms with van der Waals surface area (Å²) in [5.74, 6) is 0.336. The molecule has 0 amide bonds.